The van der Waals surface area contributed by atoms with Crippen molar-refractivity contribution in [1.29, 1.82) is 0 Å². The smallest absolute Gasteiger partial charge is 0.0920 e. The lowest BCUT2D eigenvalue weighted by Gasteiger charge is -2.26. The Balaban J connectivity index is 1.89. The molecule has 1 saturated carbocycles. The van der Waals surface area contributed by atoms with Crippen molar-refractivity contribution in [2.24, 2.45) is 11.8 Å². The standard InChI is InChI=1S/C11H20O/c1-4-8(2)9-5-6-11(3)10(7-9)12-11/h8-10H,4-7H2,1-3H3/t8?,9-,10?,11-/m0/s1. The molecule has 1 aliphatic heterocycles. The van der Waals surface area contributed by atoms with Crippen LogP contribution in [0.3, 0.4) is 0 Å². The van der Waals surface area contributed by atoms with Crippen molar-refractivity contribution < 1.29 is 4.74 Å². The van der Waals surface area contributed by atoms with Gasteiger partial charge in [0.1, 0.15) is 0 Å². The molecule has 1 heterocycles. The molecule has 0 aromatic rings. The quantitative estimate of drug-likeness (QED) is 0.577. The minimum atomic E-state index is 0.309. The Morgan fingerprint density at radius 2 is 2.33 bits per heavy atom. The molecule has 0 spiro atoms. The van der Waals surface area contributed by atoms with Crippen molar-refractivity contribution in [3.8, 4) is 0 Å². The van der Waals surface area contributed by atoms with E-state index in [2.05, 4.69) is 20.8 Å². The van der Waals surface area contributed by atoms with Gasteiger partial charge in [0, 0.05) is 0 Å². The van der Waals surface area contributed by atoms with Gasteiger partial charge in [0.25, 0.3) is 0 Å². The molecule has 0 aromatic carbocycles. The number of rotatable bonds is 2. The molecule has 1 heteroatoms. The summed E-state index contributed by atoms with van der Waals surface area (Å²) in [6.07, 6.45) is 5.96. The van der Waals surface area contributed by atoms with Crippen LogP contribution >= 0.6 is 0 Å². The Labute approximate surface area is 75.5 Å². The van der Waals surface area contributed by atoms with Crippen LogP contribution in [0, 0.1) is 11.8 Å². The maximum absolute atomic E-state index is 5.69. The molecule has 0 N–H and O–H groups in total. The molecule has 0 amide bonds. The summed E-state index contributed by atoms with van der Waals surface area (Å²) in [5, 5.41) is 0. The summed E-state index contributed by atoms with van der Waals surface area (Å²) >= 11 is 0. The van der Waals surface area contributed by atoms with Gasteiger partial charge in [-0.05, 0) is 38.0 Å². The number of epoxide rings is 1. The van der Waals surface area contributed by atoms with Crippen LogP contribution in [0.25, 0.3) is 0 Å². The predicted octanol–water partition coefficient (Wildman–Crippen LogP) is 2.99. The number of fused-ring (bicyclic) bond motifs is 1. The van der Waals surface area contributed by atoms with Gasteiger partial charge in [0.15, 0.2) is 0 Å². The summed E-state index contributed by atoms with van der Waals surface area (Å²) in [5.41, 5.74) is 0.309. The highest BCUT2D eigenvalue weighted by Gasteiger charge is 2.55. The second-order valence-corrected chi connectivity index (χ2v) is 4.84. The zero-order chi connectivity index (χ0) is 8.77. The van der Waals surface area contributed by atoms with Crippen molar-refractivity contribution in [1.82, 2.24) is 0 Å². The third kappa shape index (κ3) is 1.28. The van der Waals surface area contributed by atoms with E-state index in [0.717, 1.165) is 11.8 Å². The maximum Gasteiger partial charge on any atom is 0.0920 e. The lowest BCUT2D eigenvalue weighted by molar-refractivity contribution is 0.258. The first-order valence-electron chi connectivity index (χ1n) is 5.33. The van der Waals surface area contributed by atoms with Crippen LogP contribution in [0.1, 0.15) is 46.5 Å². The molecule has 0 bridgehead atoms. The molecule has 4 atom stereocenters. The maximum atomic E-state index is 5.69. The van der Waals surface area contributed by atoms with E-state index in [4.69, 9.17) is 4.74 Å². The highest BCUT2D eigenvalue weighted by molar-refractivity contribution is 5.03. The highest BCUT2D eigenvalue weighted by Crippen LogP contribution is 2.50. The fourth-order valence-corrected chi connectivity index (χ4v) is 2.52. The van der Waals surface area contributed by atoms with Crippen LogP contribution in [-0.2, 0) is 4.74 Å². The first kappa shape index (κ1) is 8.55. The number of hydrogen-bond donors (Lipinski definition) is 0. The summed E-state index contributed by atoms with van der Waals surface area (Å²) < 4.78 is 5.69. The Hall–Kier alpha value is -0.0400. The van der Waals surface area contributed by atoms with E-state index in [1.54, 1.807) is 0 Å². The summed E-state index contributed by atoms with van der Waals surface area (Å²) in [4.78, 5) is 0. The molecular weight excluding hydrogens is 148 g/mol. The lowest BCUT2D eigenvalue weighted by Crippen LogP contribution is -2.24. The van der Waals surface area contributed by atoms with Gasteiger partial charge >= 0.3 is 0 Å². The third-order valence-corrected chi connectivity index (χ3v) is 4.01. The monoisotopic (exact) mass is 168 g/mol. The number of hydrogen-bond acceptors (Lipinski definition) is 1. The molecule has 70 valence electrons. The van der Waals surface area contributed by atoms with Crippen LogP contribution in [0.2, 0.25) is 0 Å². The molecule has 12 heavy (non-hydrogen) atoms. The zero-order valence-corrected chi connectivity index (χ0v) is 8.47. The van der Waals surface area contributed by atoms with Gasteiger partial charge < -0.3 is 4.74 Å². The minimum absolute atomic E-state index is 0.309. The second-order valence-electron chi connectivity index (χ2n) is 4.84. The molecule has 2 fully saturated rings. The van der Waals surface area contributed by atoms with Gasteiger partial charge in [-0.25, -0.2) is 0 Å². The highest BCUT2D eigenvalue weighted by atomic mass is 16.6. The Morgan fingerprint density at radius 1 is 1.58 bits per heavy atom. The van der Waals surface area contributed by atoms with Crippen molar-refractivity contribution in [2.75, 3.05) is 0 Å². The van der Waals surface area contributed by atoms with Crippen LogP contribution in [0.5, 0.6) is 0 Å². The molecule has 2 rings (SSSR count). The summed E-state index contributed by atoms with van der Waals surface area (Å²) in [7, 11) is 0. The van der Waals surface area contributed by atoms with Gasteiger partial charge in [-0.15, -0.1) is 0 Å². The van der Waals surface area contributed by atoms with Crippen molar-refractivity contribution in [3.05, 3.63) is 0 Å². The van der Waals surface area contributed by atoms with Crippen LogP contribution < -0.4 is 0 Å². The largest absolute Gasteiger partial charge is 0.366 e. The summed E-state index contributed by atoms with van der Waals surface area (Å²) in [5.74, 6) is 1.84. The average Bonchev–Trinajstić information content (AvgIpc) is 2.73. The molecule has 1 aliphatic carbocycles. The molecule has 2 aliphatic rings. The molecule has 1 nitrogen and oxygen atoms in total. The van der Waals surface area contributed by atoms with Crippen molar-refractivity contribution in [2.45, 2.75) is 58.2 Å². The van der Waals surface area contributed by atoms with Gasteiger partial charge in [-0.1, -0.05) is 20.3 Å². The molecule has 2 unspecified atom stereocenters. The van der Waals surface area contributed by atoms with Gasteiger partial charge in [0.2, 0.25) is 0 Å². The molecule has 1 saturated heterocycles. The first-order chi connectivity index (χ1) is 5.65. The van der Waals surface area contributed by atoms with E-state index < -0.39 is 0 Å². The van der Waals surface area contributed by atoms with Crippen molar-refractivity contribution in [3.63, 3.8) is 0 Å². The van der Waals surface area contributed by atoms with E-state index in [-0.39, 0.29) is 0 Å². The SMILES string of the molecule is CCC(C)[C@H]1CC[C@]2(C)OC2C1. The average molecular weight is 168 g/mol. The minimum Gasteiger partial charge on any atom is -0.366 e. The van der Waals surface area contributed by atoms with Crippen LogP contribution in [0.15, 0.2) is 0 Å². The van der Waals surface area contributed by atoms with Crippen LogP contribution in [0.4, 0.5) is 0 Å². The van der Waals surface area contributed by atoms with Crippen LogP contribution in [-0.4, -0.2) is 11.7 Å². The van der Waals surface area contributed by atoms with E-state index in [1.807, 2.05) is 0 Å². The van der Waals surface area contributed by atoms with E-state index >= 15 is 0 Å². The normalized spacial score (nSPS) is 48.2. The molecule has 0 radical (unpaired) electrons. The molecule has 0 aromatic heterocycles. The Morgan fingerprint density at radius 3 is 2.92 bits per heavy atom. The zero-order valence-electron chi connectivity index (χ0n) is 8.47. The summed E-state index contributed by atoms with van der Waals surface area (Å²) in [6, 6.07) is 0. The van der Waals surface area contributed by atoms with E-state index in [0.29, 0.717) is 11.7 Å². The number of ether oxygens (including phenoxy) is 1. The fraction of sp³-hybridized carbons (Fsp3) is 1.00. The van der Waals surface area contributed by atoms with Crippen molar-refractivity contribution >= 4 is 0 Å². The summed E-state index contributed by atoms with van der Waals surface area (Å²) in [6.45, 7) is 6.95. The van der Waals surface area contributed by atoms with Gasteiger partial charge in [0.05, 0.1) is 11.7 Å². The third-order valence-electron chi connectivity index (χ3n) is 4.01. The second kappa shape index (κ2) is 2.73. The van der Waals surface area contributed by atoms with E-state index in [9.17, 15) is 0 Å². The van der Waals surface area contributed by atoms with E-state index in [1.165, 1.54) is 25.7 Å². The Kier molecular flexibility index (Phi) is 1.95. The predicted molar refractivity (Wildman–Crippen MR) is 50.1 cm³/mol. The first-order valence-corrected chi connectivity index (χ1v) is 5.33. The Bertz CT molecular complexity index is 178. The van der Waals surface area contributed by atoms with Gasteiger partial charge in [-0.2, -0.15) is 0 Å². The topological polar surface area (TPSA) is 12.5 Å². The van der Waals surface area contributed by atoms with Gasteiger partial charge in [-0.3, -0.25) is 0 Å². The fourth-order valence-electron chi connectivity index (χ4n) is 2.52. The lowest BCUT2D eigenvalue weighted by atomic mass is 9.76. The molecular formula is C11H20O.